The van der Waals surface area contributed by atoms with E-state index < -0.39 is 0 Å². The fourth-order valence-electron chi connectivity index (χ4n) is 2.94. The molecule has 1 aliphatic rings. The first-order chi connectivity index (χ1) is 9.86. The fraction of sp³-hybridized carbons (Fsp3) is 0.500. The Kier molecular flexibility index (Phi) is 4.00. The van der Waals surface area contributed by atoms with E-state index in [1.165, 1.54) is 38.5 Å². The smallest absolute Gasteiger partial charge is 0.225 e. The third-order valence-corrected chi connectivity index (χ3v) is 4.03. The predicted octanol–water partition coefficient (Wildman–Crippen LogP) is 3.81. The minimum Gasteiger partial charge on any atom is -0.372 e. The molecule has 0 spiro atoms. The Morgan fingerprint density at radius 1 is 1.00 bits per heavy atom. The number of nitrogens with one attached hydrogen (secondary N) is 2. The lowest BCUT2D eigenvalue weighted by atomic mass is 10.1. The lowest BCUT2D eigenvalue weighted by Crippen LogP contribution is -2.20. The van der Waals surface area contributed by atoms with Crippen LogP contribution < -0.4 is 10.6 Å². The SMILES string of the molecule is CNc1nc(NC2CCCCCC2)nc2ccccc12. The highest BCUT2D eigenvalue weighted by Crippen LogP contribution is 2.24. The number of fused-ring (bicyclic) bond motifs is 1. The highest BCUT2D eigenvalue weighted by molar-refractivity contribution is 5.89. The molecule has 0 unspecified atom stereocenters. The van der Waals surface area contributed by atoms with Gasteiger partial charge in [-0.3, -0.25) is 0 Å². The van der Waals surface area contributed by atoms with Gasteiger partial charge in [0.25, 0.3) is 0 Å². The molecule has 0 bridgehead atoms. The van der Waals surface area contributed by atoms with Gasteiger partial charge >= 0.3 is 0 Å². The van der Waals surface area contributed by atoms with Crippen LogP contribution in [0.3, 0.4) is 0 Å². The Labute approximate surface area is 120 Å². The Balaban J connectivity index is 1.87. The summed E-state index contributed by atoms with van der Waals surface area (Å²) in [5.74, 6) is 1.65. The summed E-state index contributed by atoms with van der Waals surface area (Å²) in [4.78, 5) is 9.26. The van der Waals surface area contributed by atoms with Crippen LogP contribution in [0, 0.1) is 0 Å². The molecule has 1 heterocycles. The van der Waals surface area contributed by atoms with E-state index in [1.807, 2.05) is 25.2 Å². The Bertz CT molecular complexity index is 574. The van der Waals surface area contributed by atoms with Gasteiger partial charge in [0.1, 0.15) is 5.82 Å². The van der Waals surface area contributed by atoms with Crippen molar-refractivity contribution in [2.75, 3.05) is 17.7 Å². The van der Waals surface area contributed by atoms with Crippen LogP contribution in [-0.4, -0.2) is 23.1 Å². The van der Waals surface area contributed by atoms with Gasteiger partial charge in [0.15, 0.2) is 0 Å². The van der Waals surface area contributed by atoms with Crippen molar-refractivity contribution in [3.63, 3.8) is 0 Å². The summed E-state index contributed by atoms with van der Waals surface area (Å²) >= 11 is 0. The van der Waals surface area contributed by atoms with E-state index in [0.717, 1.165) is 22.7 Å². The first-order valence-corrected chi connectivity index (χ1v) is 7.58. The number of para-hydroxylation sites is 1. The number of benzene rings is 1. The lowest BCUT2D eigenvalue weighted by Gasteiger charge is -2.17. The normalized spacial score (nSPS) is 16.9. The number of hydrogen-bond acceptors (Lipinski definition) is 4. The van der Waals surface area contributed by atoms with Gasteiger partial charge in [-0.2, -0.15) is 4.98 Å². The number of nitrogens with zero attached hydrogens (tertiary/aromatic N) is 2. The van der Waals surface area contributed by atoms with Crippen molar-refractivity contribution < 1.29 is 0 Å². The molecule has 2 aromatic rings. The van der Waals surface area contributed by atoms with Gasteiger partial charge < -0.3 is 10.6 Å². The van der Waals surface area contributed by atoms with Gasteiger partial charge in [0, 0.05) is 18.5 Å². The van der Waals surface area contributed by atoms with Crippen molar-refractivity contribution in [1.82, 2.24) is 9.97 Å². The maximum absolute atomic E-state index is 4.65. The van der Waals surface area contributed by atoms with Crippen LogP contribution in [0.5, 0.6) is 0 Å². The molecule has 106 valence electrons. The van der Waals surface area contributed by atoms with Crippen molar-refractivity contribution in [3.05, 3.63) is 24.3 Å². The first-order valence-electron chi connectivity index (χ1n) is 7.58. The fourth-order valence-corrected chi connectivity index (χ4v) is 2.94. The summed E-state index contributed by atoms with van der Waals surface area (Å²) < 4.78 is 0. The largest absolute Gasteiger partial charge is 0.372 e. The summed E-state index contributed by atoms with van der Waals surface area (Å²) in [6.45, 7) is 0. The highest BCUT2D eigenvalue weighted by Gasteiger charge is 2.14. The number of anilines is 2. The van der Waals surface area contributed by atoms with E-state index in [4.69, 9.17) is 0 Å². The zero-order chi connectivity index (χ0) is 13.8. The van der Waals surface area contributed by atoms with Crippen LogP contribution >= 0.6 is 0 Å². The van der Waals surface area contributed by atoms with Crippen LogP contribution in [-0.2, 0) is 0 Å². The van der Waals surface area contributed by atoms with Crippen LogP contribution in [0.25, 0.3) is 10.9 Å². The molecular weight excluding hydrogens is 248 g/mol. The van der Waals surface area contributed by atoms with E-state index in [2.05, 4.69) is 26.7 Å². The maximum Gasteiger partial charge on any atom is 0.225 e. The average Bonchev–Trinajstić information content (AvgIpc) is 2.75. The van der Waals surface area contributed by atoms with E-state index in [0.29, 0.717) is 6.04 Å². The molecule has 1 aromatic carbocycles. The Hall–Kier alpha value is -1.84. The van der Waals surface area contributed by atoms with Crippen LogP contribution in [0.15, 0.2) is 24.3 Å². The van der Waals surface area contributed by atoms with Crippen molar-refractivity contribution in [3.8, 4) is 0 Å². The van der Waals surface area contributed by atoms with E-state index >= 15 is 0 Å². The molecule has 3 rings (SSSR count). The molecule has 1 aliphatic carbocycles. The van der Waals surface area contributed by atoms with Gasteiger partial charge in [-0.05, 0) is 25.0 Å². The van der Waals surface area contributed by atoms with Crippen molar-refractivity contribution >= 4 is 22.7 Å². The molecule has 20 heavy (non-hydrogen) atoms. The third-order valence-electron chi connectivity index (χ3n) is 4.03. The molecule has 4 nitrogen and oxygen atoms in total. The Morgan fingerprint density at radius 2 is 1.75 bits per heavy atom. The molecule has 4 heteroatoms. The second-order valence-corrected chi connectivity index (χ2v) is 5.50. The molecule has 1 saturated carbocycles. The molecule has 0 atom stereocenters. The lowest BCUT2D eigenvalue weighted by molar-refractivity contribution is 0.615. The highest BCUT2D eigenvalue weighted by atomic mass is 15.1. The third kappa shape index (κ3) is 2.84. The zero-order valence-electron chi connectivity index (χ0n) is 12.0. The van der Waals surface area contributed by atoms with Gasteiger partial charge in [0.2, 0.25) is 5.95 Å². The van der Waals surface area contributed by atoms with Gasteiger partial charge in [-0.15, -0.1) is 0 Å². The standard InChI is InChI=1S/C16H22N4/c1-17-15-13-10-6-7-11-14(13)19-16(20-15)18-12-8-4-2-3-5-9-12/h6-7,10-12H,2-5,8-9H2,1H3,(H2,17,18,19,20). The zero-order valence-corrected chi connectivity index (χ0v) is 12.0. The van der Waals surface area contributed by atoms with Gasteiger partial charge in [-0.1, -0.05) is 37.8 Å². The monoisotopic (exact) mass is 270 g/mol. The summed E-state index contributed by atoms with van der Waals surface area (Å²) in [5.41, 5.74) is 0.989. The molecule has 0 radical (unpaired) electrons. The number of hydrogen-bond donors (Lipinski definition) is 2. The van der Waals surface area contributed by atoms with E-state index in [9.17, 15) is 0 Å². The number of aromatic nitrogens is 2. The minimum atomic E-state index is 0.517. The summed E-state index contributed by atoms with van der Waals surface area (Å²) in [6, 6.07) is 8.64. The van der Waals surface area contributed by atoms with Gasteiger partial charge in [-0.25, -0.2) is 4.98 Å². The molecule has 0 aliphatic heterocycles. The first kappa shape index (κ1) is 13.2. The van der Waals surface area contributed by atoms with E-state index in [1.54, 1.807) is 0 Å². The molecule has 0 amide bonds. The minimum absolute atomic E-state index is 0.517. The summed E-state index contributed by atoms with van der Waals surface area (Å²) in [5, 5.41) is 7.77. The Morgan fingerprint density at radius 3 is 2.50 bits per heavy atom. The van der Waals surface area contributed by atoms with Crippen molar-refractivity contribution in [1.29, 1.82) is 0 Å². The van der Waals surface area contributed by atoms with Crippen LogP contribution in [0.2, 0.25) is 0 Å². The molecule has 2 N–H and O–H groups in total. The topological polar surface area (TPSA) is 49.8 Å². The van der Waals surface area contributed by atoms with Crippen LogP contribution in [0.1, 0.15) is 38.5 Å². The molecule has 0 saturated heterocycles. The maximum atomic E-state index is 4.65. The van der Waals surface area contributed by atoms with Gasteiger partial charge in [0.05, 0.1) is 5.52 Å². The van der Waals surface area contributed by atoms with Crippen molar-refractivity contribution in [2.24, 2.45) is 0 Å². The van der Waals surface area contributed by atoms with Crippen LogP contribution in [0.4, 0.5) is 11.8 Å². The second kappa shape index (κ2) is 6.07. The molecule has 1 aromatic heterocycles. The summed E-state index contributed by atoms with van der Waals surface area (Å²) in [6.07, 6.45) is 7.79. The summed E-state index contributed by atoms with van der Waals surface area (Å²) in [7, 11) is 1.91. The average molecular weight is 270 g/mol. The molecular formula is C16H22N4. The predicted molar refractivity (Wildman–Crippen MR) is 84.2 cm³/mol. The quantitative estimate of drug-likeness (QED) is 0.833. The van der Waals surface area contributed by atoms with Crippen molar-refractivity contribution in [2.45, 2.75) is 44.6 Å². The number of rotatable bonds is 3. The second-order valence-electron chi connectivity index (χ2n) is 5.50. The molecule has 1 fully saturated rings. The van der Waals surface area contributed by atoms with E-state index in [-0.39, 0.29) is 0 Å².